The molecule has 0 aromatic heterocycles. The molecule has 0 aliphatic heterocycles. The Labute approximate surface area is 94.8 Å². The van der Waals surface area contributed by atoms with Crippen LogP contribution < -0.4 is 4.74 Å². The highest BCUT2D eigenvalue weighted by Crippen LogP contribution is 2.14. The molecule has 0 bridgehead atoms. The van der Waals surface area contributed by atoms with Crippen LogP contribution in [0.2, 0.25) is 0 Å². The van der Waals surface area contributed by atoms with Gasteiger partial charge in [-0.25, -0.2) is 0 Å². The van der Waals surface area contributed by atoms with E-state index in [1.165, 1.54) is 3.57 Å². The predicted octanol–water partition coefficient (Wildman–Crippen LogP) is 3.45. The molecular weight excluding hydrogens is 331 g/mol. The molecule has 0 heterocycles. The van der Waals surface area contributed by atoms with E-state index in [1.807, 2.05) is 24.3 Å². The molecular formula is C9H10BrIO. The van der Waals surface area contributed by atoms with Gasteiger partial charge < -0.3 is 4.74 Å². The summed E-state index contributed by atoms with van der Waals surface area (Å²) in [6.45, 7) is 2.77. The standard InChI is InChI=1S/C9H10BrIO/c1-7(10)6-12-9-4-2-8(11)3-5-9/h2-5,7H,6H2,1H3. The lowest BCUT2D eigenvalue weighted by molar-refractivity contribution is 0.324. The van der Waals surface area contributed by atoms with Gasteiger partial charge in [0, 0.05) is 8.40 Å². The van der Waals surface area contributed by atoms with Crippen LogP contribution in [0.5, 0.6) is 5.75 Å². The monoisotopic (exact) mass is 340 g/mol. The highest BCUT2D eigenvalue weighted by Gasteiger charge is 1.97. The first-order chi connectivity index (χ1) is 5.68. The Bertz CT molecular complexity index is 233. The number of hydrogen-bond donors (Lipinski definition) is 0. The van der Waals surface area contributed by atoms with Crippen LogP contribution in [-0.2, 0) is 0 Å². The highest BCUT2D eigenvalue weighted by molar-refractivity contribution is 14.1. The quantitative estimate of drug-likeness (QED) is 0.605. The SMILES string of the molecule is CC(Br)COc1ccc(I)cc1. The molecule has 12 heavy (non-hydrogen) atoms. The summed E-state index contributed by atoms with van der Waals surface area (Å²) >= 11 is 5.69. The van der Waals surface area contributed by atoms with Crippen LogP contribution in [0.1, 0.15) is 6.92 Å². The minimum Gasteiger partial charge on any atom is -0.492 e. The third-order valence-corrected chi connectivity index (χ3v) is 2.28. The molecule has 0 fully saturated rings. The molecule has 0 N–H and O–H groups in total. The summed E-state index contributed by atoms with van der Waals surface area (Å²) in [6, 6.07) is 8.04. The molecule has 3 heteroatoms. The van der Waals surface area contributed by atoms with Gasteiger partial charge in [0.2, 0.25) is 0 Å². The summed E-state index contributed by atoms with van der Waals surface area (Å²) in [6.07, 6.45) is 0. The van der Waals surface area contributed by atoms with E-state index in [0.29, 0.717) is 11.4 Å². The maximum atomic E-state index is 5.47. The number of hydrogen-bond acceptors (Lipinski definition) is 1. The molecule has 1 rings (SSSR count). The minimum atomic E-state index is 0.400. The molecule has 0 spiro atoms. The number of rotatable bonds is 3. The summed E-state index contributed by atoms with van der Waals surface area (Å²) in [5.41, 5.74) is 0. The molecule has 0 saturated carbocycles. The summed E-state index contributed by atoms with van der Waals surface area (Å²) < 4.78 is 6.70. The van der Waals surface area contributed by atoms with Crippen LogP contribution in [0, 0.1) is 3.57 Å². The fourth-order valence-electron chi connectivity index (χ4n) is 0.742. The van der Waals surface area contributed by atoms with E-state index in [1.54, 1.807) is 0 Å². The van der Waals surface area contributed by atoms with Gasteiger partial charge in [0.25, 0.3) is 0 Å². The van der Waals surface area contributed by atoms with Crippen molar-refractivity contribution in [2.24, 2.45) is 0 Å². The zero-order chi connectivity index (χ0) is 8.97. The second-order valence-corrected chi connectivity index (χ2v) is 5.35. The van der Waals surface area contributed by atoms with Crippen molar-refractivity contribution in [1.82, 2.24) is 0 Å². The molecule has 66 valence electrons. The van der Waals surface area contributed by atoms with Gasteiger partial charge in [0.15, 0.2) is 0 Å². The van der Waals surface area contributed by atoms with Crippen molar-refractivity contribution in [3.63, 3.8) is 0 Å². The molecule has 1 aromatic rings. The molecule has 1 nitrogen and oxygen atoms in total. The predicted molar refractivity (Wildman–Crippen MR) is 63.0 cm³/mol. The maximum Gasteiger partial charge on any atom is 0.119 e. The molecule has 1 aromatic carbocycles. The summed E-state index contributed by atoms with van der Waals surface area (Å²) in [5, 5.41) is 0. The molecule has 0 radical (unpaired) electrons. The van der Waals surface area contributed by atoms with Crippen LogP contribution in [0.4, 0.5) is 0 Å². The van der Waals surface area contributed by atoms with E-state index in [2.05, 4.69) is 45.4 Å². The topological polar surface area (TPSA) is 9.23 Å². The van der Waals surface area contributed by atoms with E-state index in [4.69, 9.17) is 4.74 Å². The van der Waals surface area contributed by atoms with E-state index < -0.39 is 0 Å². The fourth-order valence-corrected chi connectivity index (χ4v) is 1.23. The summed E-state index contributed by atoms with van der Waals surface area (Å²) in [5.74, 6) is 0.932. The molecule has 0 aliphatic carbocycles. The molecule has 0 amide bonds. The lowest BCUT2D eigenvalue weighted by Crippen LogP contribution is -2.06. The molecule has 1 atom stereocenters. The average Bonchev–Trinajstić information content (AvgIpc) is 2.03. The zero-order valence-electron chi connectivity index (χ0n) is 6.76. The largest absolute Gasteiger partial charge is 0.492 e. The Balaban J connectivity index is 2.48. The smallest absolute Gasteiger partial charge is 0.119 e. The normalized spacial score (nSPS) is 12.6. The molecule has 0 saturated heterocycles. The second-order valence-electron chi connectivity index (χ2n) is 2.55. The lowest BCUT2D eigenvalue weighted by Gasteiger charge is -2.06. The third kappa shape index (κ3) is 3.76. The van der Waals surface area contributed by atoms with Gasteiger partial charge >= 0.3 is 0 Å². The van der Waals surface area contributed by atoms with Gasteiger partial charge in [-0.2, -0.15) is 0 Å². The zero-order valence-corrected chi connectivity index (χ0v) is 10.5. The van der Waals surface area contributed by atoms with Crippen molar-refractivity contribution in [2.75, 3.05) is 6.61 Å². The third-order valence-electron chi connectivity index (χ3n) is 1.29. The van der Waals surface area contributed by atoms with Crippen LogP contribution >= 0.6 is 38.5 Å². The first-order valence-electron chi connectivity index (χ1n) is 3.71. The number of benzene rings is 1. The first-order valence-corrected chi connectivity index (χ1v) is 5.70. The van der Waals surface area contributed by atoms with Crippen LogP contribution in [0.25, 0.3) is 0 Å². The fraction of sp³-hybridized carbons (Fsp3) is 0.333. The number of halogens is 2. The highest BCUT2D eigenvalue weighted by atomic mass is 127. The van der Waals surface area contributed by atoms with E-state index in [-0.39, 0.29) is 0 Å². The van der Waals surface area contributed by atoms with Crippen LogP contribution in [0.15, 0.2) is 24.3 Å². The Hall–Kier alpha value is 0.230. The second kappa shape index (κ2) is 5.07. The number of ether oxygens (including phenoxy) is 1. The minimum absolute atomic E-state index is 0.400. The van der Waals surface area contributed by atoms with Gasteiger partial charge in [-0.05, 0) is 53.8 Å². The summed E-state index contributed by atoms with van der Waals surface area (Å²) in [4.78, 5) is 0.400. The van der Waals surface area contributed by atoms with Crippen molar-refractivity contribution < 1.29 is 4.74 Å². The van der Waals surface area contributed by atoms with Crippen molar-refractivity contribution in [1.29, 1.82) is 0 Å². The van der Waals surface area contributed by atoms with Crippen molar-refractivity contribution >= 4 is 38.5 Å². The lowest BCUT2D eigenvalue weighted by atomic mass is 10.3. The van der Waals surface area contributed by atoms with Crippen molar-refractivity contribution in [2.45, 2.75) is 11.8 Å². The average molecular weight is 341 g/mol. The van der Waals surface area contributed by atoms with Gasteiger partial charge in [-0.15, -0.1) is 0 Å². The van der Waals surface area contributed by atoms with E-state index in [0.717, 1.165) is 5.75 Å². The van der Waals surface area contributed by atoms with Gasteiger partial charge in [0.1, 0.15) is 12.4 Å². The Morgan fingerprint density at radius 1 is 1.42 bits per heavy atom. The van der Waals surface area contributed by atoms with Crippen LogP contribution in [-0.4, -0.2) is 11.4 Å². The van der Waals surface area contributed by atoms with Crippen LogP contribution in [0.3, 0.4) is 0 Å². The van der Waals surface area contributed by atoms with Crippen molar-refractivity contribution in [3.8, 4) is 5.75 Å². The first kappa shape index (κ1) is 10.3. The number of alkyl halides is 1. The van der Waals surface area contributed by atoms with E-state index >= 15 is 0 Å². The van der Waals surface area contributed by atoms with E-state index in [9.17, 15) is 0 Å². The van der Waals surface area contributed by atoms with Gasteiger partial charge in [-0.1, -0.05) is 15.9 Å². The summed E-state index contributed by atoms with van der Waals surface area (Å²) in [7, 11) is 0. The van der Waals surface area contributed by atoms with Crippen molar-refractivity contribution in [3.05, 3.63) is 27.8 Å². The molecule has 0 aliphatic rings. The van der Waals surface area contributed by atoms with Gasteiger partial charge in [0.05, 0.1) is 0 Å². The van der Waals surface area contributed by atoms with Gasteiger partial charge in [-0.3, -0.25) is 0 Å². The Morgan fingerprint density at radius 2 is 2.00 bits per heavy atom. The Morgan fingerprint density at radius 3 is 2.50 bits per heavy atom. The Kier molecular flexibility index (Phi) is 4.35. The maximum absolute atomic E-state index is 5.47. The molecule has 1 unspecified atom stereocenters.